The number of nitrogens with zero attached hydrogens (tertiary/aromatic N) is 1. The van der Waals surface area contributed by atoms with Crippen molar-refractivity contribution in [1.29, 1.82) is 0 Å². The fraction of sp³-hybridized carbons (Fsp3) is 0.923. The number of rotatable bonds is 3. The van der Waals surface area contributed by atoms with Crippen LogP contribution in [0.4, 0.5) is 0 Å². The first-order chi connectivity index (χ1) is 7.65. The summed E-state index contributed by atoms with van der Waals surface area (Å²) < 4.78 is 0. The van der Waals surface area contributed by atoms with Crippen LogP contribution in [0.1, 0.15) is 40.0 Å². The fourth-order valence-corrected chi connectivity index (χ4v) is 3.36. The first kappa shape index (κ1) is 11.9. The Bertz CT molecular complexity index is 267. The standard InChI is InChI=1S/C13H24N2O/c1-4-5-9(2)13(16)15-10(3)6-11-7-14-8-12(11)15/h9-12,14H,4-8H2,1-3H3. The van der Waals surface area contributed by atoms with Gasteiger partial charge in [0.15, 0.2) is 0 Å². The maximum atomic E-state index is 12.4. The predicted octanol–water partition coefficient (Wildman–Crippen LogP) is 1.63. The average Bonchev–Trinajstić information content (AvgIpc) is 2.76. The van der Waals surface area contributed by atoms with Gasteiger partial charge in [0, 0.05) is 31.1 Å². The van der Waals surface area contributed by atoms with E-state index in [1.54, 1.807) is 0 Å². The van der Waals surface area contributed by atoms with Gasteiger partial charge in [-0.3, -0.25) is 4.79 Å². The van der Waals surface area contributed by atoms with Crippen LogP contribution in [0.2, 0.25) is 0 Å². The van der Waals surface area contributed by atoms with Crippen molar-refractivity contribution in [3.63, 3.8) is 0 Å². The molecule has 0 aromatic carbocycles. The molecule has 0 spiro atoms. The van der Waals surface area contributed by atoms with Crippen LogP contribution in [-0.2, 0) is 4.79 Å². The first-order valence-electron chi connectivity index (χ1n) is 6.68. The zero-order valence-corrected chi connectivity index (χ0v) is 10.7. The number of carbonyl (C=O) groups excluding carboxylic acids is 1. The highest BCUT2D eigenvalue weighted by Crippen LogP contribution is 2.33. The normalized spacial score (nSPS) is 35.2. The maximum absolute atomic E-state index is 12.4. The van der Waals surface area contributed by atoms with Crippen LogP contribution < -0.4 is 5.32 Å². The molecule has 4 atom stereocenters. The van der Waals surface area contributed by atoms with Crippen LogP contribution in [0.25, 0.3) is 0 Å². The van der Waals surface area contributed by atoms with Gasteiger partial charge in [-0.25, -0.2) is 0 Å². The van der Waals surface area contributed by atoms with E-state index < -0.39 is 0 Å². The van der Waals surface area contributed by atoms with Crippen molar-refractivity contribution in [2.75, 3.05) is 13.1 Å². The van der Waals surface area contributed by atoms with Gasteiger partial charge in [-0.15, -0.1) is 0 Å². The summed E-state index contributed by atoms with van der Waals surface area (Å²) in [6.45, 7) is 8.53. The molecule has 2 aliphatic rings. The van der Waals surface area contributed by atoms with Crippen molar-refractivity contribution in [2.24, 2.45) is 11.8 Å². The Hall–Kier alpha value is -0.570. The highest BCUT2D eigenvalue weighted by Gasteiger charge is 2.44. The molecule has 1 N–H and O–H groups in total. The number of nitrogens with one attached hydrogen (secondary N) is 1. The highest BCUT2D eigenvalue weighted by atomic mass is 16.2. The van der Waals surface area contributed by atoms with Gasteiger partial charge in [-0.05, 0) is 25.7 Å². The lowest BCUT2D eigenvalue weighted by atomic mass is 10.0. The maximum Gasteiger partial charge on any atom is 0.225 e. The lowest BCUT2D eigenvalue weighted by molar-refractivity contribution is -0.137. The summed E-state index contributed by atoms with van der Waals surface area (Å²) in [5.41, 5.74) is 0. The Labute approximate surface area is 98.6 Å². The van der Waals surface area contributed by atoms with Crippen LogP contribution in [0.5, 0.6) is 0 Å². The third kappa shape index (κ3) is 1.97. The van der Waals surface area contributed by atoms with Crippen molar-refractivity contribution < 1.29 is 4.79 Å². The van der Waals surface area contributed by atoms with Gasteiger partial charge in [-0.2, -0.15) is 0 Å². The SMILES string of the molecule is CCCC(C)C(=O)N1C(C)CC2CNCC21. The second kappa shape index (κ2) is 4.74. The molecule has 0 bridgehead atoms. The van der Waals surface area contributed by atoms with Crippen molar-refractivity contribution >= 4 is 5.91 Å². The molecule has 0 aliphatic carbocycles. The van der Waals surface area contributed by atoms with Gasteiger partial charge in [0.1, 0.15) is 0 Å². The lowest BCUT2D eigenvalue weighted by Gasteiger charge is -2.30. The van der Waals surface area contributed by atoms with E-state index in [9.17, 15) is 4.79 Å². The molecule has 1 amide bonds. The molecule has 92 valence electrons. The van der Waals surface area contributed by atoms with Gasteiger partial charge >= 0.3 is 0 Å². The fourth-order valence-electron chi connectivity index (χ4n) is 3.36. The molecule has 0 aromatic rings. The molecule has 0 radical (unpaired) electrons. The van der Waals surface area contributed by atoms with E-state index in [1.807, 2.05) is 0 Å². The van der Waals surface area contributed by atoms with Crippen LogP contribution in [0, 0.1) is 11.8 Å². The van der Waals surface area contributed by atoms with Gasteiger partial charge in [0.2, 0.25) is 5.91 Å². The second-order valence-electron chi connectivity index (χ2n) is 5.51. The van der Waals surface area contributed by atoms with E-state index in [-0.39, 0.29) is 5.92 Å². The molecule has 2 fully saturated rings. The molecular formula is C13H24N2O. The number of amides is 1. The minimum Gasteiger partial charge on any atom is -0.335 e. The Morgan fingerprint density at radius 1 is 1.50 bits per heavy atom. The van der Waals surface area contributed by atoms with Crippen LogP contribution in [0.3, 0.4) is 0 Å². The Morgan fingerprint density at radius 2 is 2.25 bits per heavy atom. The number of hydrogen-bond donors (Lipinski definition) is 1. The number of likely N-dealkylation sites (tertiary alicyclic amines) is 1. The molecule has 2 aliphatic heterocycles. The molecular weight excluding hydrogens is 200 g/mol. The third-order valence-corrected chi connectivity index (χ3v) is 4.18. The van der Waals surface area contributed by atoms with Crippen LogP contribution in [-0.4, -0.2) is 36.0 Å². The van der Waals surface area contributed by atoms with E-state index in [2.05, 4.69) is 31.0 Å². The summed E-state index contributed by atoms with van der Waals surface area (Å²) >= 11 is 0. The zero-order valence-electron chi connectivity index (χ0n) is 10.7. The average molecular weight is 224 g/mol. The highest BCUT2D eigenvalue weighted by molar-refractivity contribution is 5.79. The van der Waals surface area contributed by atoms with E-state index in [0.717, 1.165) is 25.9 Å². The first-order valence-corrected chi connectivity index (χ1v) is 6.68. The third-order valence-electron chi connectivity index (χ3n) is 4.18. The number of carbonyl (C=O) groups is 1. The van der Waals surface area contributed by atoms with Crippen molar-refractivity contribution in [3.05, 3.63) is 0 Å². The number of hydrogen-bond acceptors (Lipinski definition) is 2. The monoisotopic (exact) mass is 224 g/mol. The van der Waals surface area contributed by atoms with E-state index in [0.29, 0.717) is 23.9 Å². The summed E-state index contributed by atoms with van der Waals surface area (Å²) in [6, 6.07) is 0.922. The van der Waals surface area contributed by atoms with Crippen LogP contribution in [0.15, 0.2) is 0 Å². The molecule has 0 aromatic heterocycles. The summed E-state index contributed by atoms with van der Waals surface area (Å²) in [6.07, 6.45) is 3.30. The Morgan fingerprint density at radius 3 is 2.94 bits per heavy atom. The van der Waals surface area contributed by atoms with Crippen LogP contribution >= 0.6 is 0 Å². The van der Waals surface area contributed by atoms with Gasteiger partial charge < -0.3 is 10.2 Å². The largest absolute Gasteiger partial charge is 0.335 e. The Balaban J connectivity index is 2.04. The molecule has 3 nitrogen and oxygen atoms in total. The molecule has 2 rings (SSSR count). The summed E-state index contributed by atoms with van der Waals surface area (Å²) in [7, 11) is 0. The topological polar surface area (TPSA) is 32.3 Å². The van der Waals surface area contributed by atoms with E-state index in [4.69, 9.17) is 0 Å². The number of fused-ring (bicyclic) bond motifs is 1. The van der Waals surface area contributed by atoms with E-state index >= 15 is 0 Å². The lowest BCUT2D eigenvalue weighted by Crippen LogP contribution is -2.45. The van der Waals surface area contributed by atoms with Crippen molar-refractivity contribution in [3.8, 4) is 0 Å². The minimum absolute atomic E-state index is 0.201. The molecule has 4 unspecified atom stereocenters. The van der Waals surface area contributed by atoms with E-state index in [1.165, 1.54) is 6.42 Å². The molecule has 3 heteroatoms. The molecule has 2 heterocycles. The minimum atomic E-state index is 0.201. The molecule has 0 saturated carbocycles. The second-order valence-corrected chi connectivity index (χ2v) is 5.51. The zero-order chi connectivity index (χ0) is 11.7. The summed E-state index contributed by atoms with van der Waals surface area (Å²) in [4.78, 5) is 14.6. The summed E-state index contributed by atoms with van der Waals surface area (Å²) in [5, 5.41) is 3.41. The summed E-state index contributed by atoms with van der Waals surface area (Å²) in [5.74, 6) is 1.28. The quantitative estimate of drug-likeness (QED) is 0.790. The predicted molar refractivity (Wildman–Crippen MR) is 65.1 cm³/mol. The van der Waals surface area contributed by atoms with Gasteiger partial charge in [0.05, 0.1) is 0 Å². The molecule has 2 saturated heterocycles. The van der Waals surface area contributed by atoms with Gasteiger partial charge in [0.25, 0.3) is 0 Å². The Kier molecular flexibility index (Phi) is 3.53. The smallest absolute Gasteiger partial charge is 0.225 e. The van der Waals surface area contributed by atoms with Gasteiger partial charge in [-0.1, -0.05) is 20.3 Å². The molecule has 16 heavy (non-hydrogen) atoms. The van der Waals surface area contributed by atoms with Crippen molar-refractivity contribution in [1.82, 2.24) is 10.2 Å². The van der Waals surface area contributed by atoms with Crippen molar-refractivity contribution in [2.45, 2.75) is 52.1 Å².